The summed E-state index contributed by atoms with van der Waals surface area (Å²) in [6, 6.07) is 7.61. The summed E-state index contributed by atoms with van der Waals surface area (Å²) in [4.78, 5) is 11.1. The monoisotopic (exact) mass is 231 g/mol. The number of carboxylic acids is 1. The highest BCUT2D eigenvalue weighted by Crippen LogP contribution is 2.25. The van der Waals surface area contributed by atoms with Gasteiger partial charge in [-0.1, -0.05) is 29.5 Å². The van der Waals surface area contributed by atoms with Gasteiger partial charge in [0.05, 0.1) is 0 Å². The van der Waals surface area contributed by atoms with Crippen LogP contribution >= 0.6 is 0 Å². The van der Waals surface area contributed by atoms with Gasteiger partial charge < -0.3 is 5.11 Å². The van der Waals surface area contributed by atoms with Crippen LogP contribution in [0.5, 0.6) is 0 Å². The molecular formula is C12H13N3O2. The normalized spacial score (nSPS) is 10.5. The van der Waals surface area contributed by atoms with Gasteiger partial charge in [-0.05, 0) is 19.4 Å². The standard InChI is InChI=1S/C12H13N3O2/c1-3-15-11(10(12(16)17)13-14-15)9-7-5-4-6-8(9)2/h4-7H,3H2,1-2H3,(H,16,17). The number of benzene rings is 1. The molecule has 0 amide bonds. The molecule has 0 atom stereocenters. The van der Waals surface area contributed by atoms with E-state index in [-0.39, 0.29) is 5.69 Å². The summed E-state index contributed by atoms with van der Waals surface area (Å²) < 4.78 is 1.60. The van der Waals surface area contributed by atoms with Crippen LogP contribution in [-0.4, -0.2) is 26.1 Å². The van der Waals surface area contributed by atoms with Gasteiger partial charge in [-0.2, -0.15) is 0 Å². The zero-order valence-electron chi connectivity index (χ0n) is 9.71. The number of aromatic nitrogens is 3. The van der Waals surface area contributed by atoms with Crippen LogP contribution in [0.15, 0.2) is 24.3 Å². The van der Waals surface area contributed by atoms with E-state index in [0.29, 0.717) is 12.2 Å². The molecule has 0 fully saturated rings. The summed E-state index contributed by atoms with van der Waals surface area (Å²) in [5.41, 5.74) is 2.43. The van der Waals surface area contributed by atoms with Crippen LogP contribution in [0.1, 0.15) is 23.0 Å². The van der Waals surface area contributed by atoms with Gasteiger partial charge in [0.1, 0.15) is 5.69 Å². The molecule has 17 heavy (non-hydrogen) atoms. The summed E-state index contributed by atoms with van der Waals surface area (Å²) in [6.07, 6.45) is 0. The Bertz CT molecular complexity index is 561. The Kier molecular flexibility index (Phi) is 2.91. The highest BCUT2D eigenvalue weighted by molar-refractivity contribution is 5.93. The van der Waals surface area contributed by atoms with Gasteiger partial charge in [0, 0.05) is 12.1 Å². The minimum absolute atomic E-state index is 0.00106. The zero-order valence-corrected chi connectivity index (χ0v) is 9.71. The average molecular weight is 231 g/mol. The highest BCUT2D eigenvalue weighted by Gasteiger charge is 2.20. The topological polar surface area (TPSA) is 68.0 Å². The zero-order chi connectivity index (χ0) is 12.4. The number of carboxylic acid groups (broad SMARTS) is 1. The fraction of sp³-hybridized carbons (Fsp3) is 0.250. The molecule has 2 rings (SSSR count). The lowest BCUT2D eigenvalue weighted by molar-refractivity contribution is 0.0691. The summed E-state index contributed by atoms with van der Waals surface area (Å²) in [6.45, 7) is 4.43. The van der Waals surface area contributed by atoms with E-state index in [1.165, 1.54) is 0 Å². The Morgan fingerprint density at radius 3 is 2.71 bits per heavy atom. The molecule has 0 bridgehead atoms. The van der Waals surface area contributed by atoms with E-state index in [1.54, 1.807) is 4.68 Å². The molecule has 2 aromatic rings. The van der Waals surface area contributed by atoms with Crippen molar-refractivity contribution in [2.45, 2.75) is 20.4 Å². The molecule has 0 radical (unpaired) electrons. The van der Waals surface area contributed by atoms with Crippen molar-refractivity contribution in [3.05, 3.63) is 35.5 Å². The number of aryl methyl sites for hydroxylation is 2. The molecule has 88 valence electrons. The molecular weight excluding hydrogens is 218 g/mol. The van der Waals surface area contributed by atoms with Crippen LogP contribution in [0.3, 0.4) is 0 Å². The third-order valence-electron chi connectivity index (χ3n) is 2.64. The summed E-state index contributed by atoms with van der Waals surface area (Å²) in [5.74, 6) is -1.05. The van der Waals surface area contributed by atoms with Crippen molar-refractivity contribution < 1.29 is 9.90 Å². The maximum Gasteiger partial charge on any atom is 0.358 e. The van der Waals surface area contributed by atoms with Crippen LogP contribution < -0.4 is 0 Å². The fourth-order valence-corrected chi connectivity index (χ4v) is 1.78. The number of nitrogens with zero attached hydrogens (tertiary/aromatic N) is 3. The van der Waals surface area contributed by atoms with Crippen molar-refractivity contribution in [3.8, 4) is 11.3 Å². The summed E-state index contributed by atoms with van der Waals surface area (Å²) in [7, 11) is 0. The smallest absolute Gasteiger partial charge is 0.358 e. The van der Waals surface area contributed by atoms with E-state index in [0.717, 1.165) is 11.1 Å². The maximum atomic E-state index is 11.1. The first-order valence-corrected chi connectivity index (χ1v) is 5.38. The predicted octanol–water partition coefficient (Wildman–Crippen LogP) is 1.97. The molecule has 1 heterocycles. The van der Waals surface area contributed by atoms with Crippen molar-refractivity contribution in [2.24, 2.45) is 0 Å². The number of rotatable bonds is 3. The van der Waals surface area contributed by atoms with Crippen LogP contribution in [0.2, 0.25) is 0 Å². The second kappa shape index (κ2) is 4.37. The van der Waals surface area contributed by atoms with E-state index in [4.69, 9.17) is 5.11 Å². The Labute approximate surface area is 98.7 Å². The Hall–Kier alpha value is -2.17. The molecule has 0 spiro atoms. The van der Waals surface area contributed by atoms with Crippen molar-refractivity contribution in [1.82, 2.24) is 15.0 Å². The lowest BCUT2D eigenvalue weighted by atomic mass is 10.0. The quantitative estimate of drug-likeness (QED) is 0.876. The van der Waals surface area contributed by atoms with Gasteiger partial charge in [0.25, 0.3) is 0 Å². The molecule has 0 aliphatic heterocycles. The molecule has 0 saturated heterocycles. The van der Waals surface area contributed by atoms with Crippen LogP contribution in [0, 0.1) is 6.92 Å². The second-order valence-electron chi connectivity index (χ2n) is 3.72. The van der Waals surface area contributed by atoms with E-state index >= 15 is 0 Å². The molecule has 1 N–H and O–H groups in total. The molecule has 0 aliphatic rings. The minimum Gasteiger partial charge on any atom is -0.476 e. The molecule has 0 saturated carbocycles. The van der Waals surface area contributed by atoms with Crippen LogP contribution in [0.25, 0.3) is 11.3 Å². The first kappa shape index (κ1) is 11.3. The lowest BCUT2D eigenvalue weighted by Gasteiger charge is -2.07. The molecule has 0 aliphatic carbocycles. The van der Waals surface area contributed by atoms with Crippen molar-refractivity contribution in [2.75, 3.05) is 0 Å². The molecule has 5 heteroatoms. The molecule has 1 aromatic carbocycles. The molecule has 0 unspecified atom stereocenters. The third-order valence-corrected chi connectivity index (χ3v) is 2.64. The van der Waals surface area contributed by atoms with E-state index in [1.807, 2.05) is 38.1 Å². The lowest BCUT2D eigenvalue weighted by Crippen LogP contribution is -2.04. The van der Waals surface area contributed by atoms with Gasteiger partial charge in [-0.25, -0.2) is 9.48 Å². The minimum atomic E-state index is -1.05. The van der Waals surface area contributed by atoms with E-state index in [9.17, 15) is 4.79 Å². The molecule has 1 aromatic heterocycles. The number of hydrogen-bond donors (Lipinski definition) is 1. The Balaban J connectivity index is 2.69. The number of hydrogen-bond acceptors (Lipinski definition) is 3. The number of carbonyl (C=O) groups is 1. The predicted molar refractivity (Wildman–Crippen MR) is 62.8 cm³/mol. The average Bonchev–Trinajstić information content (AvgIpc) is 2.73. The SMILES string of the molecule is CCn1nnc(C(=O)O)c1-c1ccccc1C. The summed E-state index contributed by atoms with van der Waals surface area (Å²) in [5, 5.41) is 16.7. The van der Waals surface area contributed by atoms with Gasteiger partial charge in [-0.15, -0.1) is 5.10 Å². The van der Waals surface area contributed by atoms with Gasteiger partial charge in [-0.3, -0.25) is 0 Å². The Morgan fingerprint density at radius 1 is 1.41 bits per heavy atom. The van der Waals surface area contributed by atoms with Gasteiger partial charge >= 0.3 is 5.97 Å². The van der Waals surface area contributed by atoms with Gasteiger partial charge in [0.2, 0.25) is 0 Å². The number of aromatic carboxylic acids is 1. The van der Waals surface area contributed by atoms with Crippen LogP contribution in [-0.2, 0) is 6.54 Å². The van der Waals surface area contributed by atoms with Crippen LogP contribution in [0.4, 0.5) is 0 Å². The maximum absolute atomic E-state index is 11.1. The van der Waals surface area contributed by atoms with Crippen molar-refractivity contribution in [3.63, 3.8) is 0 Å². The third kappa shape index (κ3) is 1.91. The van der Waals surface area contributed by atoms with Crippen molar-refractivity contribution in [1.29, 1.82) is 0 Å². The fourth-order valence-electron chi connectivity index (χ4n) is 1.78. The van der Waals surface area contributed by atoms with Crippen molar-refractivity contribution >= 4 is 5.97 Å². The first-order chi connectivity index (χ1) is 8.15. The van der Waals surface area contributed by atoms with Gasteiger partial charge in [0.15, 0.2) is 5.69 Å². The van der Waals surface area contributed by atoms with E-state index in [2.05, 4.69) is 10.3 Å². The summed E-state index contributed by atoms with van der Waals surface area (Å²) >= 11 is 0. The van der Waals surface area contributed by atoms with E-state index < -0.39 is 5.97 Å². The first-order valence-electron chi connectivity index (χ1n) is 5.38. The molecule has 5 nitrogen and oxygen atoms in total. The second-order valence-corrected chi connectivity index (χ2v) is 3.72. The largest absolute Gasteiger partial charge is 0.476 e. The highest BCUT2D eigenvalue weighted by atomic mass is 16.4. The Morgan fingerprint density at radius 2 is 2.12 bits per heavy atom.